The van der Waals surface area contributed by atoms with E-state index < -0.39 is 0 Å². The Labute approximate surface area is 143 Å². The van der Waals surface area contributed by atoms with Crippen molar-refractivity contribution in [1.29, 1.82) is 0 Å². The molecule has 1 aliphatic heterocycles. The Kier molecular flexibility index (Phi) is 6.22. The number of nitrogens with zero attached hydrogens (tertiary/aromatic N) is 3. The molecule has 0 amide bonds. The van der Waals surface area contributed by atoms with E-state index in [0.29, 0.717) is 11.9 Å². The van der Waals surface area contributed by atoms with Crippen LogP contribution in [0.25, 0.3) is 0 Å². The van der Waals surface area contributed by atoms with Crippen molar-refractivity contribution in [3.8, 4) is 0 Å². The Morgan fingerprint density at radius 3 is 2.67 bits per heavy atom. The van der Waals surface area contributed by atoms with Crippen LogP contribution in [0.3, 0.4) is 0 Å². The first-order valence-corrected chi connectivity index (χ1v) is 7.53. The predicted octanol–water partition coefficient (Wildman–Crippen LogP) is 2.30. The Bertz CT molecular complexity index is 452. The van der Waals surface area contributed by atoms with Crippen LogP contribution in [0.1, 0.15) is 25.7 Å². The third-order valence-corrected chi connectivity index (χ3v) is 4.15. The molecule has 0 unspecified atom stereocenters. The van der Waals surface area contributed by atoms with Gasteiger partial charge in [0.05, 0.1) is 0 Å². The van der Waals surface area contributed by atoms with Crippen LogP contribution in [0.4, 0.5) is 5.82 Å². The minimum absolute atomic E-state index is 0. The highest BCUT2D eigenvalue weighted by atomic mass is 127. The molecular weight excluding hydrogens is 377 g/mol. The molecule has 1 aromatic heterocycles. The van der Waals surface area contributed by atoms with Crippen molar-refractivity contribution in [2.75, 3.05) is 25.0 Å². The maximum absolute atomic E-state index is 5.90. The van der Waals surface area contributed by atoms with Gasteiger partial charge in [-0.15, -0.1) is 24.0 Å². The van der Waals surface area contributed by atoms with Gasteiger partial charge in [-0.25, -0.2) is 4.98 Å². The summed E-state index contributed by atoms with van der Waals surface area (Å²) in [6.45, 7) is 3.29. The van der Waals surface area contributed by atoms with E-state index in [1.54, 1.807) is 6.20 Å². The summed E-state index contributed by atoms with van der Waals surface area (Å²) >= 11 is 0. The van der Waals surface area contributed by atoms with Gasteiger partial charge in [-0.2, -0.15) is 0 Å². The van der Waals surface area contributed by atoms with E-state index >= 15 is 0 Å². The van der Waals surface area contributed by atoms with E-state index in [9.17, 15) is 0 Å². The Balaban J connectivity index is 0.00000161. The molecule has 2 aliphatic rings. The fourth-order valence-corrected chi connectivity index (χ4v) is 2.78. The highest BCUT2D eigenvalue weighted by molar-refractivity contribution is 14.0. The summed E-state index contributed by atoms with van der Waals surface area (Å²) in [7, 11) is 0. The molecule has 1 saturated heterocycles. The molecule has 1 aliphatic carbocycles. The lowest BCUT2D eigenvalue weighted by atomic mass is 9.97. The average Bonchev–Trinajstić information content (AvgIpc) is 3.31. The van der Waals surface area contributed by atoms with Gasteiger partial charge in [0.25, 0.3) is 0 Å². The fourth-order valence-electron chi connectivity index (χ4n) is 2.78. The number of halogens is 1. The molecule has 6 heteroatoms. The van der Waals surface area contributed by atoms with Crippen LogP contribution >= 0.6 is 24.0 Å². The van der Waals surface area contributed by atoms with Crippen LogP contribution in [0.15, 0.2) is 29.4 Å². The lowest BCUT2D eigenvalue weighted by molar-refractivity contribution is 0.179. The number of rotatable bonds is 4. The van der Waals surface area contributed by atoms with E-state index in [2.05, 4.69) is 20.2 Å². The van der Waals surface area contributed by atoms with Gasteiger partial charge in [-0.3, -0.25) is 4.99 Å². The summed E-state index contributed by atoms with van der Waals surface area (Å²) < 4.78 is 0. The average molecular weight is 401 g/mol. The minimum atomic E-state index is 0. The Morgan fingerprint density at radius 1 is 1.29 bits per heavy atom. The first-order valence-electron chi connectivity index (χ1n) is 7.53. The van der Waals surface area contributed by atoms with Crippen LogP contribution in [-0.2, 0) is 0 Å². The number of piperidine rings is 1. The van der Waals surface area contributed by atoms with Crippen molar-refractivity contribution in [3.63, 3.8) is 0 Å². The van der Waals surface area contributed by atoms with Crippen LogP contribution in [-0.4, -0.2) is 41.5 Å². The van der Waals surface area contributed by atoms with Crippen molar-refractivity contribution >= 4 is 35.8 Å². The number of nitrogens with one attached hydrogen (secondary N) is 1. The van der Waals surface area contributed by atoms with Gasteiger partial charge in [0, 0.05) is 18.8 Å². The molecular formula is C15H24IN5. The summed E-state index contributed by atoms with van der Waals surface area (Å²) in [5.74, 6) is 1.89. The van der Waals surface area contributed by atoms with E-state index in [-0.39, 0.29) is 24.0 Å². The molecule has 1 aromatic rings. The van der Waals surface area contributed by atoms with Crippen LogP contribution < -0.4 is 11.1 Å². The zero-order valence-corrected chi connectivity index (χ0v) is 14.6. The number of anilines is 1. The Hall–Kier alpha value is -0.890. The second-order valence-electron chi connectivity index (χ2n) is 5.78. The van der Waals surface area contributed by atoms with Gasteiger partial charge in [0.15, 0.2) is 5.96 Å². The second-order valence-corrected chi connectivity index (χ2v) is 5.78. The highest BCUT2D eigenvalue weighted by Crippen LogP contribution is 2.30. The number of guanidine groups is 1. The summed E-state index contributed by atoms with van der Waals surface area (Å²) in [5, 5.41) is 3.02. The number of pyridine rings is 1. The summed E-state index contributed by atoms with van der Waals surface area (Å²) in [6, 6.07) is 6.59. The number of nitrogens with two attached hydrogens (primary N) is 1. The molecule has 2 fully saturated rings. The number of aromatic nitrogens is 1. The lowest BCUT2D eigenvalue weighted by Gasteiger charge is -2.31. The summed E-state index contributed by atoms with van der Waals surface area (Å²) in [4.78, 5) is 11.3. The normalized spacial score (nSPS) is 20.9. The van der Waals surface area contributed by atoms with Crippen LogP contribution in [0.5, 0.6) is 0 Å². The second kappa shape index (κ2) is 7.93. The zero-order valence-electron chi connectivity index (χ0n) is 12.2. The van der Waals surface area contributed by atoms with E-state index in [0.717, 1.165) is 18.4 Å². The molecule has 116 valence electrons. The quantitative estimate of drug-likeness (QED) is 0.462. The van der Waals surface area contributed by atoms with Crippen molar-refractivity contribution in [1.82, 2.24) is 9.88 Å². The maximum atomic E-state index is 5.90. The number of aliphatic imine (C=N–C) groups is 1. The molecule has 0 bridgehead atoms. The van der Waals surface area contributed by atoms with E-state index in [1.165, 1.54) is 38.8 Å². The first kappa shape index (κ1) is 16.5. The highest BCUT2D eigenvalue weighted by Gasteiger charge is 2.31. The largest absolute Gasteiger partial charge is 0.370 e. The molecule has 0 radical (unpaired) electrons. The van der Waals surface area contributed by atoms with Crippen molar-refractivity contribution < 1.29 is 0 Å². The van der Waals surface area contributed by atoms with Gasteiger partial charge in [0.1, 0.15) is 5.82 Å². The van der Waals surface area contributed by atoms with E-state index in [1.807, 2.05) is 18.2 Å². The third kappa shape index (κ3) is 5.10. The van der Waals surface area contributed by atoms with E-state index in [4.69, 9.17) is 5.73 Å². The van der Waals surface area contributed by atoms with Gasteiger partial charge in [-0.1, -0.05) is 6.07 Å². The SMILES string of the molecule is I.NC(=NCC1CCN(C2CC2)CC1)Nc1ccccn1. The smallest absolute Gasteiger partial charge is 0.194 e. The summed E-state index contributed by atoms with van der Waals surface area (Å²) in [5.41, 5.74) is 5.90. The monoisotopic (exact) mass is 401 g/mol. The van der Waals surface area contributed by atoms with Gasteiger partial charge >= 0.3 is 0 Å². The van der Waals surface area contributed by atoms with Crippen molar-refractivity contribution in [2.45, 2.75) is 31.7 Å². The molecule has 21 heavy (non-hydrogen) atoms. The van der Waals surface area contributed by atoms with Gasteiger partial charge in [0.2, 0.25) is 0 Å². The molecule has 0 spiro atoms. The summed E-state index contributed by atoms with van der Waals surface area (Å²) in [6.07, 6.45) is 7.05. The van der Waals surface area contributed by atoms with Gasteiger partial charge < -0.3 is 16.0 Å². The zero-order chi connectivity index (χ0) is 13.8. The van der Waals surface area contributed by atoms with Crippen molar-refractivity contribution in [3.05, 3.63) is 24.4 Å². The molecule has 3 rings (SSSR count). The molecule has 5 nitrogen and oxygen atoms in total. The molecule has 2 heterocycles. The topological polar surface area (TPSA) is 66.5 Å². The van der Waals surface area contributed by atoms with Crippen molar-refractivity contribution in [2.24, 2.45) is 16.6 Å². The lowest BCUT2D eigenvalue weighted by Crippen LogP contribution is -2.36. The van der Waals surface area contributed by atoms with Crippen LogP contribution in [0.2, 0.25) is 0 Å². The molecule has 1 saturated carbocycles. The van der Waals surface area contributed by atoms with Crippen LogP contribution in [0, 0.1) is 5.92 Å². The third-order valence-electron chi connectivity index (χ3n) is 4.15. The molecule has 0 atom stereocenters. The molecule has 3 N–H and O–H groups in total. The van der Waals surface area contributed by atoms with Gasteiger partial charge in [-0.05, 0) is 56.8 Å². The standard InChI is InChI=1S/C15H23N5.HI/c16-15(19-14-3-1-2-8-17-14)18-11-12-6-9-20(10-7-12)13-4-5-13;/h1-3,8,12-13H,4-7,9-11H2,(H3,16,17,18,19);1H. The number of likely N-dealkylation sites (tertiary alicyclic amines) is 1. The number of hydrogen-bond acceptors (Lipinski definition) is 3. The fraction of sp³-hybridized carbons (Fsp3) is 0.600. The Morgan fingerprint density at radius 2 is 2.05 bits per heavy atom. The molecule has 0 aromatic carbocycles. The first-order chi connectivity index (χ1) is 9.81. The maximum Gasteiger partial charge on any atom is 0.194 e. The number of hydrogen-bond donors (Lipinski definition) is 2. The minimum Gasteiger partial charge on any atom is -0.370 e. The predicted molar refractivity (Wildman–Crippen MR) is 97.1 cm³/mol.